The molecule has 0 aliphatic carbocycles. The Hall–Kier alpha value is -4.13. The summed E-state index contributed by atoms with van der Waals surface area (Å²) < 4.78 is 36.7. The van der Waals surface area contributed by atoms with Gasteiger partial charge in [0.1, 0.15) is 39.8 Å². The molecule has 3 heterocycles. The lowest BCUT2D eigenvalue weighted by Gasteiger charge is -2.31. The molecule has 0 atom stereocenters. The normalized spacial score (nSPS) is 14.7. The second kappa shape index (κ2) is 10.1. The van der Waals surface area contributed by atoms with E-state index < -0.39 is 5.60 Å². The lowest BCUT2D eigenvalue weighted by Crippen LogP contribution is -2.28. The monoisotopic (exact) mass is 544 g/mol. The van der Waals surface area contributed by atoms with Crippen molar-refractivity contribution in [1.82, 2.24) is 0 Å². The summed E-state index contributed by atoms with van der Waals surface area (Å²) >= 11 is 0. The zero-order valence-corrected chi connectivity index (χ0v) is 24.7. The lowest BCUT2D eigenvalue weighted by molar-refractivity contribution is 0.157. The maximum atomic E-state index is 14.5. The van der Waals surface area contributed by atoms with E-state index >= 15 is 0 Å². The molecular weight excluding hydrogens is 508 g/mol. The van der Waals surface area contributed by atoms with Crippen molar-refractivity contribution >= 4 is 17.0 Å². The number of methoxy groups -OCH3 is 3. The van der Waals surface area contributed by atoms with Gasteiger partial charge < -0.3 is 28.1 Å². The third-order valence-corrected chi connectivity index (χ3v) is 7.26. The summed E-state index contributed by atoms with van der Waals surface area (Å²) in [6.07, 6.45) is 6.87. The number of allylic oxidation sites excluding steroid dienone is 4. The van der Waals surface area contributed by atoms with Gasteiger partial charge in [-0.25, -0.2) is 0 Å². The van der Waals surface area contributed by atoms with Crippen LogP contribution in [0, 0.1) is 0 Å². The average Bonchev–Trinajstić information content (AvgIpc) is 3.07. The Morgan fingerprint density at radius 2 is 1.73 bits per heavy atom. The van der Waals surface area contributed by atoms with Crippen molar-refractivity contribution in [2.75, 3.05) is 21.3 Å². The highest BCUT2D eigenvalue weighted by atomic mass is 16.5. The van der Waals surface area contributed by atoms with Gasteiger partial charge in [0.2, 0.25) is 5.43 Å². The third kappa shape index (κ3) is 4.53. The van der Waals surface area contributed by atoms with Crippen LogP contribution >= 0.6 is 0 Å². The Balaban J connectivity index is 1.95. The van der Waals surface area contributed by atoms with Gasteiger partial charge in [-0.2, -0.15) is 0 Å². The van der Waals surface area contributed by atoms with Gasteiger partial charge in [-0.1, -0.05) is 11.6 Å². The molecule has 2 aliphatic rings. The molecule has 0 bridgehead atoms. The SMILES string of the molecule is COc1cc2c(cc1OC)-c1oc3c4c(c(CC=C(C)C)c(OC)c3c(=O)c1CC(=C(C)C)O2)OC(C)(C)C=C4. The lowest BCUT2D eigenvalue weighted by atomic mass is 9.92. The molecule has 2 aliphatic heterocycles. The largest absolute Gasteiger partial charge is 0.495 e. The fraction of sp³-hybridized carbons (Fsp3) is 0.364. The van der Waals surface area contributed by atoms with E-state index in [9.17, 15) is 4.79 Å². The van der Waals surface area contributed by atoms with Crippen molar-refractivity contribution in [3.63, 3.8) is 0 Å². The topological polar surface area (TPSA) is 76.4 Å². The molecule has 0 unspecified atom stereocenters. The summed E-state index contributed by atoms with van der Waals surface area (Å²) in [7, 11) is 4.72. The molecule has 5 rings (SSSR count). The van der Waals surface area contributed by atoms with Crippen molar-refractivity contribution in [2.45, 2.75) is 60.0 Å². The number of benzene rings is 2. The van der Waals surface area contributed by atoms with Gasteiger partial charge in [0.05, 0.1) is 38.0 Å². The Labute approximate surface area is 234 Å². The Kier molecular flexibility index (Phi) is 6.94. The number of ether oxygens (including phenoxy) is 5. The van der Waals surface area contributed by atoms with Crippen molar-refractivity contribution in [3.8, 4) is 40.1 Å². The zero-order valence-electron chi connectivity index (χ0n) is 24.7. The highest BCUT2D eigenvalue weighted by molar-refractivity contribution is 5.97. The van der Waals surface area contributed by atoms with Gasteiger partial charge in [0, 0.05) is 18.1 Å². The first-order chi connectivity index (χ1) is 19.0. The number of rotatable bonds is 5. The van der Waals surface area contributed by atoms with Crippen molar-refractivity contribution in [3.05, 3.63) is 68.1 Å². The number of fused-ring (bicyclic) bond motifs is 6. The summed E-state index contributed by atoms with van der Waals surface area (Å²) in [5, 5.41) is 0.391. The first-order valence-electron chi connectivity index (χ1n) is 13.3. The van der Waals surface area contributed by atoms with Gasteiger partial charge in [-0.15, -0.1) is 0 Å². The predicted molar refractivity (Wildman–Crippen MR) is 157 cm³/mol. The van der Waals surface area contributed by atoms with Gasteiger partial charge in [0.15, 0.2) is 17.1 Å². The highest BCUT2D eigenvalue weighted by Crippen LogP contribution is 2.49. The molecule has 2 aromatic carbocycles. The van der Waals surface area contributed by atoms with Crippen LogP contribution in [-0.4, -0.2) is 26.9 Å². The van der Waals surface area contributed by atoms with Gasteiger partial charge in [-0.3, -0.25) is 4.79 Å². The molecule has 3 aromatic rings. The summed E-state index contributed by atoms with van der Waals surface area (Å²) in [6, 6.07) is 3.55. The van der Waals surface area contributed by atoms with E-state index in [1.807, 2.05) is 53.7 Å². The van der Waals surface area contributed by atoms with Crippen LogP contribution in [-0.2, 0) is 12.8 Å². The molecule has 0 radical (unpaired) electrons. The smallest absolute Gasteiger partial charge is 0.200 e. The van der Waals surface area contributed by atoms with Crippen LogP contribution in [0.1, 0.15) is 58.2 Å². The minimum Gasteiger partial charge on any atom is -0.495 e. The molecule has 0 saturated carbocycles. The van der Waals surface area contributed by atoms with E-state index in [0.29, 0.717) is 74.3 Å². The van der Waals surface area contributed by atoms with Crippen molar-refractivity contribution in [2.24, 2.45) is 0 Å². The molecule has 0 fully saturated rings. The van der Waals surface area contributed by atoms with Gasteiger partial charge in [-0.05, 0) is 71.8 Å². The molecule has 0 N–H and O–H groups in total. The van der Waals surface area contributed by atoms with E-state index in [0.717, 1.165) is 16.7 Å². The van der Waals surface area contributed by atoms with Crippen LogP contribution in [0.15, 0.2) is 50.4 Å². The Morgan fingerprint density at radius 3 is 2.35 bits per heavy atom. The predicted octanol–water partition coefficient (Wildman–Crippen LogP) is 7.41. The van der Waals surface area contributed by atoms with E-state index in [1.165, 1.54) is 0 Å². The number of hydrogen-bond donors (Lipinski definition) is 0. The van der Waals surface area contributed by atoms with E-state index in [4.69, 9.17) is 28.1 Å². The first-order valence-corrected chi connectivity index (χ1v) is 13.3. The zero-order chi connectivity index (χ0) is 28.9. The van der Waals surface area contributed by atoms with Crippen molar-refractivity contribution < 1.29 is 28.1 Å². The van der Waals surface area contributed by atoms with Gasteiger partial charge >= 0.3 is 0 Å². The van der Waals surface area contributed by atoms with E-state index in [1.54, 1.807) is 33.5 Å². The summed E-state index contributed by atoms with van der Waals surface area (Å²) in [5.41, 5.74) is 4.42. The van der Waals surface area contributed by atoms with Crippen LogP contribution in [0.25, 0.3) is 28.4 Å². The molecule has 40 heavy (non-hydrogen) atoms. The fourth-order valence-electron chi connectivity index (χ4n) is 5.16. The van der Waals surface area contributed by atoms with Crippen LogP contribution in [0.4, 0.5) is 0 Å². The fourth-order valence-corrected chi connectivity index (χ4v) is 5.16. The molecule has 210 valence electrons. The molecule has 0 saturated heterocycles. The molecular formula is C33H36O7. The molecule has 1 aromatic heterocycles. The van der Waals surface area contributed by atoms with Crippen molar-refractivity contribution in [1.29, 1.82) is 0 Å². The molecule has 7 heteroatoms. The first kappa shape index (κ1) is 27.4. The molecule has 7 nitrogen and oxygen atoms in total. The van der Waals surface area contributed by atoms with Crippen LogP contribution in [0.2, 0.25) is 0 Å². The maximum Gasteiger partial charge on any atom is 0.200 e. The molecule has 0 spiro atoms. The Bertz CT molecular complexity index is 1670. The highest BCUT2D eigenvalue weighted by Gasteiger charge is 2.34. The Morgan fingerprint density at radius 1 is 1.02 bits per heavy atom. The standard InChI is InChI=1S/C33H36O7/c1-17(2)10-11-19-30-20(12-13-33(5,6)40-30)32-27(31(19)37-9)28(34)22-15-23(18(3)4)38-24-16-26(36-8)25(35-7)14-21(24)29(22)39-32/h10,12-14,16H,11,15H2,1-9H3. The summed E-state index contributed by atoms with van der Waals surface area (Å²) in [5.74, 6) is 3.74. The third-order valence-electron chi connectivity index (χ3n) is 7.26. The molecule has 0 amide bonds. The minimum atomic E-state index is -0.542. The minimum absolute atomic E-state index is 0.169. The maximum absolute atomic E-state index is 14.5. The van der Waals surface area contributed by atoms with Crippen LogP contribution in [0.3, 0.4) is 0 Å². The second-order valence-electron chi connectivity index (χ2n) is 11.1. The summed E-state index contributed by atoms with van der Waals surface area (Å²) in [4.78, 5) is 14.5. The van der Waals surface area contributed by atoms with E-state index in [-0.39, 0.29) is 11.8 Å². The quantitative estimate of drug-likeness (QED) is 0.310. The van der Waals surface area contributed by atoms with E-state index in [2.05, 4.69) is 6.08 Å². The van der Waals surface area contributed by atoms with Gasteiger partial charge in [0.25, 0.3) is 0 Å². The summed E-state index contributed by atoms with van der Waals surface area (Å²) in [6.45, 7) is 12.0. The number of hydrogen-bond acceptors (Lipinski definition) is 7. The second-order valence-corrected chi connectivity index (χ2v) is 11.1. The van der Waals surface area contributed by atoms with Crippen LogP contribution < -0.4 is 29.1 Å². The van der Waals surface area contributed by atoms with Crippen LogP contribution in [0.5, 0.6) is 28.7 Å². The average molecular weight is 545 g/mol.